The van der Waals surface area contributed by atoms with Crippen molar-refractivity contribution < 1.29 is 0 Å². The van der Waals surface area contributed by atoms with Gasteiger partial charge in [0.15, 0.2) is 0 Å². The van der Waals surface area contributed by atoms with E-state index in [2.05, 4.69) is 27.5 Å². The van der Waals surface area contributed by atoms with Crippen LogP contribution in [0.2, 0.25) is 0 Å². The first kappa shape index (κ1) is 12.4. The number of aryl methyl sites for hydroxylation is 2. The first-order chi connectivity index (χ1) is 9.15. The molecule has 1 aliphatic rings. The third-order valence-corrected chi connectivity index (χ3v) is 3.93. The van der Waals surface area contributed by atoms with Crippen LogP contribution in [0.1, 0.15) is 47.4 Å². The molecule has 0 amide bonds. The van der Waals surface area contributed by atoms with Gasteiger partial charge < -0.3 is 10.3 Å². The Labute approximate surface area is 113 Å². The maximum Gasteiger partial charge on any atom is 0.125 e. The van der Waals surface area contributed by atoms with Gasteiger partial charge in [-0.2, -0.15) is 0 Å². The molecule has 4 heteroatoms. The van der Waals surface area contributed by atoms with Gasteiger partial charge >= 0.3 is 0 Å². The molecule has 0 saturated heterocycles. The van der Waals surface area contributed by atoms with Crippen molar-refractivity contribution in [2.75, 3.05) is 0 Å². The molecule has 0 fully saturated rings. The average molecular weight is 256 g/mol. The lowest BCUT2D eigenvalue weighted by molar-refractivity contribution is 0.545. The van der Waals surface area contributed by atoms with Crippen molar-refractivity contribution in [1.29, 1.82) is 0 Å². The van der Waals surface area contributed by atoms with Crippen molar-refractivity contribution in [2.45, 2.75) is 45.7 Å². The highest BCUT2D eigenvalue weighted by molar-refractivity contribution is 5.33. The van der Waals surface area contributed by atoms with Crippen LogP contribution >= 0.6 is 0 Å². The first-order valence-corrected chi connectivity index (χ1v) is 6.88. The van der Waals surface area contributed by atoms with E-state index in [-0.39, 0.29) is 6.04 Å². The Morgan fingerprint density at radius 1 is 1.42 bits per heavy atom. The van der Waals surface area contributed by atoms with Crippen molar-refractivity contribution in [3.05, 3.63) is 46.8 Å². The molecular formula is C15H20N4. The van der Waals surface area contributed by atoms with E-state index in [0.717, 1.165) is 30.9 Å². The predicted octanol–water partition coefficient (Wildman–Crippen LogP) is 2.28. The second kappa shape index (κ2) is 4.78. The molecule has 0 aromatic carbocycles. The van der Waals surface area contributed by atoms with E-state index in [1.54, 1.807) is 0 Å². The molecule has 1 atom stereocenters. The summed E-state index contributed by atoms with van der Waals surface area (Å²) in [5.41, 5.74) is 11.3. The van der Waals surface area contributed by atoms with E-state index in [1.165, 1.54) is 23.4 Å². The number of nitrogens with zero attached hydrogens (tertiary/aromatic N) is 3. The Morgan fingerprint density at radius 3 is 3.05 bits per heavy atom. The van der Waals surface area contributed by atoms with Gasteiger partial charge in [0, 0.05) is 23.6 Å². The topological polar surface area (TPSA) is 56.7 Å². The zero-order chi connectivity index (χ0) is 13.4. The van der Waals surface area contributed by atoms with Crippen LogP contribution in [0.5, 0.6) is 0 Å². The lowest BCUT2D eigenvalue weighted by atomic mass is 9.93. The summed E-state index contributed by atoms with van der Waals surface area (Å²) in [4.78, 5) is 8.64. The summed E-state index contributed by atoms with van der Waals surface area (Å²) < 4.78 is 2.36. The number of hydrogen-bond acceptors (Lipinski definition) is 3. The van der Waals surface area contributed by atoms with Crippen LogP contribution in [-0.4, -0.2) is 14.5 Å². The zero-order valence-corrected chi connectivity index (χ0v) is 11.6. The van der Waals surface area contributed by atoms with Crippen LogP contribution in [-0.2, 0) is 13.0 Å². The minimum Gasteiger partial charge on any atom is -0.343 e. The van der Waals surface area contributed by atoms with Crippen LogP contribution < -0.4 is 5.73 Å². The van der Waals surface area contributed by atoms with Gasteiger partial charge in [0.05, 0.1) is 12.2 Å². The summed E-state index contributed by atoms with van der Waals surface area (Å²) in [5.74, 6) is 0.827. The minimum atomic E-state index is 0.204. The van der Waals surface area contributed by atoms with E-state index in [9.17, 15) is 0 Å². The van der Waals surface area contributed by atoms with Crippen LogP contribution in [0.15, 0.2) is 18.3 Å². The van der Waals surface area contributed by atoms with Gasteiger partial charge in [0.2, 0.25) is 0 Å². The fourth-order valence-corrected chi connectivity index (χ4v) is 2.98. The third kappa shape index (κ3) is 2.28. The molecule has 1 unspecified atom stereocenters. The fourth-order valence-electron chi connectivity index (χ4n) is 2.98. The van der Waals surface area contributed by atoms with Gasteiger partial charge in [-0.3, -0.25) is 0 Å². The van der Waals surface area contributed by atoms with Gasteiger partial charge in [-0.15, -0.1) is 0 Å². The smallest absolute Gasteiger partial charge is 0.125 e. The Kier molecular flexibility index (Phi) is 3.11. The fraction of sp³-hybridized carbons (Fsp3) is 0.467. The minimum absolute atomic E-state index is 0.204. The van der Waals surface area contributed by atoms with Crippen molar-refractivity contribution >= 4 is 0 Å². The molecular weight excluding hydrogens is 236 g/mol. The Hall–Kier alpha value is -1.68. The molecule has 0 radical (unpaired) electrons. The maximum absolute atomic E-state index is 6.21. The molecule has 0 spiro atoms. The lowest BCUT2D eigenvalue weighted by Gasteiger charge is -2.21. The number of nitrogens with two attached hydrogens (primary N) is 1. The van der Waals surface area contributed by atoms with Crippen molar-refractivity contribution in [2.24, 2.45) is 5.73 Å². The summed E-state index contributed by atoms with van der Waals surface area (Å²) >= 11 is 0. The van der Waals surface area contributed by atoms with Gasteiger partial charge in [0.1, 0.15) is 5.82 Å². The molecule has 0 saturated carbocycles. The third-order valence-electron chi connectivity index (χ3n) is 3.93. The molecule has 0 aliphatic heterocycles. The predicted molar refractivity (Wildman–Crippen MR) is 74.9 cm³/mol. The molecule has 2 N–H and O–H groups in total. The Morgan fingerprint density at radius 2 is 2.26 bits per heavy atom. The monoisotopic (exact) mass is 256 g/mol. The number of hydrogen-bond donors (Lipinski definition) is 1. The second-order valence-electron chi connectivity index (χ2n) is 5.37. The van der Waals surface area contributed by atoms with Gasteiger partial charge in [-0.25, -0.2) is 9.97 Å². The summed E-state index contributed by atoms with van der Waals surface area (Å²) in [7, 11) is 0. The van der Waals surface area contributed by atoms with Crippen LogP contribution in [0, 0.1) is 13.8 Å². The maximum atomic E-state index is 6.21. The number of rotatable bonds is 2. The summed E-state index contributed by atoms with van der Waals surface area (Å²) in [6.45, 7) is 4.90. The highest BCUT2D eigenvalue weighted by Gasteiger charge is 2.22. The quantitative estimate of drug-likeness (QED) is 0.896. The summed E-state index contributed by atoms with van der Waals surface area (Å²) in [5, 5.41) is 0. The van der Waals surface area contributed by atoms with Crippen molar-refractivity contribution in [3.8, 4) is 0 Å². The van der Waals surface area contributed by atoms with E-state index in [4.69, 9.17) is 5.73 Å². The van der Waals surface area contributed by atoms with Crippen LogP contribution in [0.4, 0.5) is 0 Å². The summed E-state index contributed by atoms with van der Waals surface area (Å²) in [6.07, 6.45) is 5.24. The highest BCUT2D eigenvalue weighted by atomic mass is 15.0. The average Bonchev–Trinajstić information content (AvgIpc) is 2.69. The highest BCUT2D eigenvalue weighted by Crippen LogP contribution is 2.31. The van der Waals surface area contributed by atoms with Crippen molar-refractivity contribution in [3.63, 3.8) is 0 Å². The largest absolute Gasteiger partial charge is 0.343 e. The molecule has 2 heterocycles. The molecule has 2 aromatic rings. The van der Waals surface area contributed by atoms with Gasteiger partial charge in [0.25, 0.3) is 0 Å². The Bertz CT molecular complexity index is 600. The van der Waals surface area contributed by atoms with E-state index in [1.807, 2.05) is 19.2 Å². The standard InChI is InChI=1S/C15H20N4/c1-10-8-13-14(16)4-3-5-15(13)19(10)9-12-6-7-17-11(2)18-12/h6-8,14H,3-5,9,16H2,1-2H3. The van der Waals surface area contributed by atoms with Gasteiger partial charge in [-0.05, 0) is 50.8 Å². The number of aromatic nitrogens is 3. The first-order valence-electron chi connectivity index (χ1n) is 6.88. The molecule has 0 bridgehead atoms. The van der Waals surface area contributed by atoms with Gasteiger partial charge in [-0.1, -0.05) is 0 Å². The molecule has 19 heavy (non-hydrogen) atoms. The van der Waals surface area contributed by atoms with Crippen LogP contribution in [0.3, 0.4) is 0 Å². The Balaban J connectivity index is 1.97. The lowest BCUT2D eigenvalue weighted by Crippen LogP contribution is -2.18. The zero-order valence-electron chi connectivity index (χ0n) is 11.6. The number of fused-ring (bicyclic) bond motifs is 1. The van der Waals surface area contributed by atoms with E-state index >= 15 is 0 Å². The van der Waals surface area contributed by atoms with Crippen molar-refractivity contribution in [1.82, 2.24) is 14.5 Å². The molecule has 1 aliphatic carbocycles. The van der Waals surface area contributed by atoms with E-state index in [0.29, 0.717) is 0 Å². The summed E-state index contributed by atoms with van der Waals surface area (Å²) in [6, 6.07) is 4.44. The SMILES string of the molecule is Cc1nccc(Cn2c(C)cc3c2CCCC3N)n1. The second-order valence-corrected chi connectivity index (χ2v) is 5.37. The van der Waals surface area contributed by atoms with Crippen LogP contribution in [0.25, 0.3) is 0 Å². The molecule has 3 rings (SSSR count). The normalized spacial score (nSPS) is 18.4. The molecule has 2 aromatic heterocycles. The molecule has 100 valence electrons. The van der Waals surface area contributed by atoms with E-state index < -0.39 is 0 Å². The molecule has 4 nitrogen and oxygen atoms in total.